The van der Waals surface area contributed by atoms with E-state index in [4.69, 9.17) is 5.11 Å². The summed E-state index contributed by atoms with van der Waals surface area (Å²) in [6, 6.07) is 0.0975. The average molecular weight is 199 g/mol. The van der Waals surface area contributed by atoms with E-state index < -0.39 is 0 Å². The first-order valence-electron chi connectivity index (χ1n) is 5.56. The zero-order valence-corrected chi connectivity index (χ0v) is 9.12. The van der Waals surface area contributed by atoms with Crippen LogP contribution < -0.4 is 5.32 Å². The average Bonchev–Trinajstić information content (AvgIpc) is 2.51. The van der Waals surface area contributed by atoms with Crippen LogP contribution in [-0.4, -0.2) is 23.7 Å². The molecule has 1 aliphatic rings. The van der Waals surface area contributed by atoms with Gasteiger partial charge in [0.2, 0.25) is 5.91 Å². The van der Waals surface area contributed by atoms with Gasteiger partial charge in [0.1, 0.15) is 0 Å². The molecule has 0 aromatic rings. The van der Waals surface area contributed by atoms with E-state index in [0.717, 1.165) is 6.42 Å². The highest BCUT2D eigenvalue weighted by Crippen LogP contribution is 2.31. The van der Waals surface area contributed by atoms with Crippen LogP contribution in [0, 0.1) is 11.8 Å². The lowest BCUT2D eigenvalue weighted by molar-refractivity contribution is -0.126. The lowest BCUT2D eigenvalue weighted by Gasteiger charge is -2.18. The van der Waals surface area contributed by atoms with E-state index in [2.05, 4.69) is 12.2 Å². The van der Waals surface area contributed by atoms with Crippen LogP contribution in [0.5, 0.6) is 0 Å². The number of nitrogens with one attached hydrogen (secondary N) is 1. The van der Waals surface area contributed by atoms with Gasteiger partial charge in [-0.05, 0) is 32.1 Å². The molecule has 82 valence electrons. The van der Waals surface area contributed by atoms with Gasteiger partial charge in [-0.2, -0.15) is 0 Å². The van der Waals surface area contributed by atoms with Crippen molar-refractivity contribution in [2.75, 3.05) is 6.61 Å². The summed E-state index contributed by atoms with van der Waals surface area (Å²) in [5.41, 5.74) is 0. The lowest BCUT2D eigenvalue weighted by atomic mass is 9.97. The third-order valence-electron chi connectivity index (χ3n) is 3.15. The van der Waals surface area contributed by atoms with Gasteiger partial charge in [0.15, 0.2) is 0 Å². The van der Waals surface area contributed by atoms with E-state index in [1.54, 1.807) is 0 Å². The Morgan fingerprint density at radius 3 is 2.79 bits per heavy atom. The maximum Gasteiger partial charge on any atom is 0.223 e. The monoisotopic (exact) mass is 199 g/mol. The van der Waals surface area contributed by atoms with Crippen LogP contribution in [0.15, 0.2) is 0 Å². The molecule has 2 N–H and O–H groups in total. The molecule has 1 fully saturated rings. The summed E-state index contributed by atoms with van der Waals surface area (Å²) in [7, 11) is 0. The maximum atomic E-state index is 11.7. The molecule has 1 saturated carbocycles. The van der Waals surface area contributed by atoms with Crippen molar-refractivity contribution < 1.29 is 9.90 Å². The van der Waals surface area contributed by atoms with Crippen molar-refractivity contribution in [2.24, 2.45) is 11.8 Å². The second-order valence-corrected chi connectivity index (χ2v) is 4.44. The molecule has 0 aliphatic heterocycles. The zero-order chi connectivity index (χ0) is 10.6. The molecule has 3 unspecified atom stereocenters. The Bertz CT molecular complexity index is 194. The first-order valence-corrected chi connectivity index (χ1v) is 5.56. The smallest absolute Gasteiger partial charge is 0.223 e. The second-order valence-electron chi connectivity index (χ2n) is 4.44. The molecular weight excluding hydrogens is 178 g/mol. The first kappa shape index (κ1) is 11.5. The zero-order valence-electron chi connectivity index (χ0n) is 9.12. The fourth-order valence-electron chi connectivity index (χ4n) is 2.15. The summed E-state index contributed by atoms with van der Waals surface area (Å²) in [6.07, 6.45) is 4.02. The lowest BCUT2D eigenvalue weighted by Crippen LogP contribution is -2.38. The highest BCUT2D eigenvalue weighted by atomic mass is 16.3. The third-order valence-corrected chi connectivity index (χ3v) is 3.15. The Morgan fingerprint density at radius 1 is 1.57 bits per heavy atom. The van der Waals surface area contributed by atoms with E-state index in [1.165, 1.54) is 12.8 Å². The fraction of sp³-hybridized carbons (Fsp3) is 0.909. The van der Waals surface area contributed by atoms with Crippen molar-refractivity contribution in [3.8, 4) is 0 Å². The number of carbonyl (C=O) groups is 1. The van der Waals surface area contributed by atoms with Crippen molar-refractivity contribution in [1.29, 1.82) is 0 Å². The minimum absolute atomic E-state index is 0.0975. The topological polar surface area (TPSA) is 49.3 Å². The summed E-state index contributed by atoms with van der Waals surface area (Å²) in [6.45, 7) is 4.23. The Balaban J connectivity index is 2.33. The molecular formula is C11H21NO2. The summed E-state index contributed by atoms with van der Waals surface area (Å²) in [5, 5.41) is 11.7. The highest BCUT2D eigenvalue weighted by Gasteiger charge is 2.29. The van der Waals surface area contributed by atoms with Gasteiger partial charge in [-0.15, -0.1) is 0 Å². The molecule has 0 heterocycles. The Morgan fingerprint density at radius 2 is 2.29 bits per heavy atom. The molecule has 0 radical (unpaired) electrons. The maximum absolute atomic E-state index is 11.7. The predicted molar refractivity (Wildman–Crippen MR) is 55.8 cm³/mol. The summed E-state index contributed by atoms with van der Waals surface area (Å²) < 4.78 is 0. The number of hydrogen-bond acceptors (Lipinski definition) is 2. The Kier molecular flexibility index (Phi) is 4.39. The Hall–Kier alpha value is -0.570. The molecule has 1 rings (SSSR count). The largest absolute Gasteiger partial charge is 0.396 e. The molecule has 0 aromatic carbocycles. The first-order chi connectivity index (χ1) is 6.65. The predicted octanol–water partition coefficient (Wildman–Crippen LogP) is 1.31. The standard InChI is InChI=1S/C11H21NO2/c1-8-4-3-5-10(8)11(14)12-9(2)6-7-13/h8-10,13H,3-7H2,1-2H3,(H,12,14). The summed E-state index contributed by atoms with van der Waals surface area (Å²) >= 11 is 0. The van der Waals surface area contributed by atoms with Gasteiger partial charge >= 0.3 is 0 Å². The van der Waals surface area contributed by atoms with Gasteiger partial charge < -0.3 is 10.4 Å². The van der Waals surface area contributed by atoms with E-state index >= 15 is 0 Å². The van der Waals surface area contributed by atoms with E-state index in [9.17, 15) is 4.79 Å². The molecule has 3 heteroatoms. The van der Waals surface area contributed by atoms with Crippen LogP contribution in [-0.2, 0) is 4.79 Å². The molecule has 1 aliphatic carbocycles. The number of amides is 1. The van der Waals surface area contributed by atoms with Crippen molar-refractivity contribution in [3.63, 3.8) is 0 Å². The van der Waals surface area contributed by atoms with E-state index in [1.807, 2.05) is 6.92 Å². The van der Waals surface area contributed by atoms with E-state index in [-0.39, 0.29) is 24.5 Å². The molecule has 3 nitrogen and oxygen atoms in total. The minimum Gasteiger partial charge on any atom is -0.396 e. The highest BCUT2D eigenvalue weighted by molar-refractivity contribution is 5.79. The number of aliphatic hydroxyl groups is 1. The summed E-state index contributed by atoms with van der Waals surface area (Å²) in [5.74, 6) is 0.906. The normalized spacial score (nSPS) is 28.8. The number of aliphatic hydroxyl groups excluding tert-OH is 1. The van der Waals surface area contributed by atoms with Crippen molar-refractivity contribution in [2.45, 2.75) is 45.6 Å². The quantitative estimate of drug-likeness (QED) is 0.717. The molecule has 0 saturated heterocycles. The minimum atomic E-state index is 0.0975. The second kappa shape index (κ2) is 5.35. The van der Waals surface area contributed by atoms with Crippen molar-refractivity contribution >= 4 is 5.91 Å². The van der Waals surface area contributed by atoms with Crippen molar-refractivity contribution in [3.05, 3.63) is 0 Å². The van der Waals surface area contributed by atoms with Gasteiger partial charge in [-0.25, -0.2) is 0 Å². The van der Waals surface area contributed by atoms with Crippen LogP contribution >= 0.6 is 0 Å². The van der Waals surface area contributed by atoms with Gasteiger partial charge in [-0.1, -0.05) is 13.3 Å². The van der Waals surface area contributed by atoms with Crippen LogP contribution in [0.1, 0.15) is 39.5 Å². The van der Waals surface area contributed by atoms with Crippen LogP contribution in [0.3, 0.4) is 0 Å². The van der Waals surface area contributed by atoms with Gasteiger partial charge in [0.05, 0.1) is 0 Å². The number of rotatable bonds is 4. The summed E-state index contributed by atoms with van der Waals surface area (Å²) in [4.78, 5) is 11.7. The molecule has 0 aromatic heterocycles. The SMILES string of the molecule is CC(CCO)NC(=O)C1CCCC1C. The van der Waals surface area contributed by atoms with Crippen LogP contribution in [0.25, 0.3) is 0 Å². The number of carbonyl (C=O) groups excluding carboxylic acids is 1. The van der Waals surface area contributed by atoms with E-state index in [0.29, 0.717) is 12.3 Å². The third kappa shape index (κ3) is 2.98. The molecule has 3 atom stereocenters. The molecule has 14 heavy (non-hydrogen) atoms. The number of hydrogen-bond donors (Lipinski definition) is 2. The van der Waals surface area contributed by atoms with Gasteiger partial charge in [0, 0.05) is 18.6 Å². The van der Waals surface area contributed by atoms with Crippen LogP contribution in [0.4, 0.5) is 0 Å². The van der Waals surface area contributed by atoms with Crippen molar-refractivity contribution in [1.82, 2.24) is 5.32 Å². The Labute approximate surface area is 85.9 Å². The van der Waals surface area contributed by atoms with Gasteiger partial charge in [0.25, 0.3) is 0 Å². The fourth-order valence-corrected chi connectivity index (χ4v) is 2.15. The molecule has 0 bridgehead atoms. The molecule has 0 spiro atoms. The van der Waals surface area contributed by atoms with Crippen LogP contribution in [0.2, 0.25) is 0 Å². The van der Waals surface area contributed by atoms with Gasteiger partial charge in [-0.3, -0.25) is 4.79 Å². The molecule has 1 amide bonds.